The number of carbonyl (C=O) groups excluding carboxylic acids is 1. The highest BCUT2D eigenvalue weighted by Gasteiger charge is 2.10. The first-order valence-electron chi connectivity index (χ1n) is 7.48. The van der Waals surface area contributed by atoms with E-state index in [2.05, 4.69) is 33.2 Å². The van der Waals surface area contributed by atoms with E-state index in [0.717, 1.165) is 26.1 Å². The molecule has 122 valence electrons. The summed E-state index contributed by atoms with van der Waals surface area (Å²) in [6.45, 7) is 6.38. The van der Waals surface area contributed by atoms with E-state index >= 15 is 0 Å². The highest BCUT2D eigenvalue weighted by atomic mass is 127. The highest BCUT2D eigenvalue weighted by molar-refractivity contribution is 14.1. The third-order valence-electron chi connectivity index (χ3n) is 3.35. The van der Waals surface area contributed by atoms with Crippen LogP contribution in [0, 0.1) is 17.4 Å². The second-order valence-corrected chi connectivity index (χ2v) is 6.79. The lowest BCUT2D eigenvalue weighted by atomic mass is 10.1. The number of para-hydroxylation sites is 1. The molecule has 2 aromatic rings. The molecule has 0 radical (unpaired) electrons. The van der Waals surface area contributed by atoms with E-state index in [1.165, 1.54) is 0 Å². The van der Waals surface area contributed by atoms with Crippen molar-refractivity contribution in [3.8, 4) is 5.75 Å². The van der Waals surface area contributed by atoms with Crippen LogP contribution in [0.3, 0.4) is 0 Å². The topological polar surface area (TPSA) is 50.4 Å². The lowest BCUT2D eigenvalue weighted by Crippen LogP contribution is -2.39. The van der Waals surface area contributed by atoms with Gasteiger partial charge in [0.15, 0.2) is 0 Å². The largest absolute Gasteiger partial charge is 0.491 e. The number of benzene rings is 2. The van der Waals surface area contributed by atoms with E-state index < -0.39 is 0 Å². The molecule has 0 saturated heterocycles. The number of hydrogen-bond acceptors (Lipinski definition) is 2. The van der Waals surface area contributed by atoms with Gasteiger partial charge in [-0.25, -0.2) is 4.79 Å². The average Bonchev–Trinajstić information content (AvgIpc) is 2.46. The number of amides is 2. The molecule has 0 fully saturated rings. The number of urea groups is 1. The number of anilines is 1. The Kier molecular flexibility index (Phi) is 6.27. The third kappa shape index (κ3) is 5.42. The van der Waals surface area contributed by atoms with Crippen LogP contribution < -0.4 is 15.4 Å². The van der Waals surface area contributed by atoms with Crippen LogP contribution in [-0.2, 0) is 0 Å². The molecule has 2 rings (SSSR count). The van der Waals surface area contributed by atoms with Crippen LogP contribution in [-0.4, -0.2) is 18.7 Å². The van der Waals surface area contributed by atoms with Crippen molar-refractivity contribution in [1.82, 2.24) is 5.32 Å². The van der Waals surface area contributed by atoms with E-state index in [-0.39, 0.29) is 12.1 Å². The predicted octanol–water partition coefficient (Wildman–Crippen LogP) is 4.50. The summed E-state index contributed by atoms with van der Waals surface area (Å²) in [5.41, 5.74) is 2.97. The zero-order valence-electron chi connectivity index (χ0n) is 13.5. The molecule has 1 unspecified atom stereocenters. The number of carbonyl (C=O) groups is 1. The van der Waals surface area contributed by atoms with Gasteiger partial charge in [0, 0.05) is 9.26 Å². The minimum atomic E-state index is -0.232. The molecular weight excluding hydrogens is 403 g/mol. The SMILES string of the molecule is Cc1cccc(C)c1OCC(C)NC(=O)Nc1cccc(I)c1. The lowest BCUT2D eigenvalue weighted by Gasteiger charge is -2.18. The Balaban J connectivity index is 1.84. The number of aryl methyl sites for hydroxylation is 2. The van der Waals surface area contributed by atoms with Crippen LogP contribution in [0.2, 0.25) is 0 Å². The first-order valence-corrected chi connectivity index (χ1v) is 8.55. The van der Waals surface area contributed by atoms with Crippen molar-refractivity contribution in [3.63, 3.8) is 0 Å². The van der Waals surface area contributed by atoms with Gasteiger partial charge in [-0.1, -0.05) is 24.3 Å². The average molecular weight is 424 g/mol. The highest BCUT2D eigenvalue weighted by Crippen LogP contribution is 2.22. The fraction of sp³-hybridized carbons (Fsp3) is 0.278. The normalized spacial score (nSPS) is 11.7. The Morgan fingerprint density at radius 2 is 1.83 bits per heavy atom. The molecule has 0 aliphatic heterocycles. The van der Waals surface area contributed by atoms with Crippen LogP contribution in [0.25, 0.3) is 0 Å². The first kappa shape index (κ1) is 17.6. The maximum atomic E-state index is 12.0. The van der Waals surface area contributed by atoms with E-state index in [9.17, 15) is 4.79 Å². The van der Waals surface area contributed by atoms with E-state index in [1.54, 1.807) is 0 Å². The first-order chi connectivity index (χ1) is 11.0. The minimum absolute atomic E-state index is 0.100. The Labute approximate surface area is 150 Å². The van der Waals surface area contributed by atoms with Gasteiger partial charge in [-0.15, -0.1) is 0 Å². The van der Waals surface area contributed by atoms with Gasteiger partial charge in [0.1, 0.15) is 12.4 Å². The molecule has 0 saturated carbocycles. The molecule has 0 heterocycles. The summed E-state index contributed by atoms with van der Waals surface area (Å²) in [7, 11) is 0. The number of rotatable bonds is 5. The molecule has 2 N–H and O–H groups in total. The molecule has 4 nitrogen and oxygen atoms in total. The molecule has 2 amide bonds. The fourth-order valence-corrected chi connectivity index (χ4v) is 2.78. The summed E-state index contributed by atoms with van der Waals surface area (Å²) in [5.74, 6) is 0.888. The van der Waals surface area contributed by atoms with Crippen molar-refractivity contribution in [3.05, 3.63) is 57.2 Å². The maximum absolute atomic E-state index is 12.0. The molecule has 23 heavy (non-hydrogen) atoms. The number of nitrogens with one attached hydrogen (secondary N) is 2. The van der Waals surface area contributed by atoms with Crippen LogP contribution in [0.4, 0.5) is 10.5 Å². The Morgan fingerprint density at radius 1 is 1.17 bits per heavy atom. The quantitative estimate of drug-likeness (QED) is 0.695. The Morgan fingerprint density at radius 3 is 2.48 bits per heavy atom. The third-order valence-corrected chi connectivity index (χ3v) is 4.02. The second-order valence-electron chi connectivity index (χ2n) is 5.54. The summed E-state index contributed by atoms with van der Waals surface area (Å²) in [4.78, 5) is 12.0. The van der Waals surface area contributed by atoms with Crippen LogP contribution in [0.15, 0.2) is 42.5 Å². The van der Waals surface area contributed by atoms with E-state index in [1.807, 2.05) is 63.2 Å². The van der Waals surface area contributed by atoms with Gasteiger partial charge in [0.25, 0.3) is 0 Å². The van der Waals surface area contributed by atoms with Crippen molar-refractivity contribution in [2.24, 2.45) is 0 Å². The van der Waals surface area contributed by atoms with Gasteiger partial charge < -0.3 is 15.4 Å². The summed E-state index contributed by atoms with van der Waals surface area (Å²) in [5, 5.41) is 5.70. The lowest BCUT2D eigenvalue weighted by molar-refractivity contribution is 0.236. The number of ether oxygens (including phenoxy) is 1. The van der Waals surface area contributed by atoms with Gasteiger partial charge in [0.05, 0.1) is 6.04 Å². The Hall–Kier alpha value is -1.76. The summed E-state index contributed by atoms with van der Waals surface area (Å²) in [6, 6.07) is 13.4. The molecule has 0 spiro atoms. The molecular formula is C18H21IN2O2. The molecule has 2 aromatic carbocycles. The van der Waals surface area contributed by atoms with Gasteiger partial charge in [-0.3, -0.25) is 0 Å². The Bertz CT molecular complexity index is 668. The van der Waals surface area contributed by atoms with Crippen molar-refractivity contribution >= 4 is 34.3 Å². The maximum Gasteiger partial charge on any atom is 0.319 e. The molecule has 0 aromatic heterocycles. The molecule has 0 aliphatic carbocycles. The van der Waals surface area contributed by atoms with Crippen molar-refractivity contribution in [2.45, 2.75) is 26.8 Å². The van der Waals surface area contributed by atoms with Gasteiger partial charge in [-0.2, -0.15) is 0 Å². The van der Waals surface area contributed by atoms with E-state index in [4.69, 9.17) is 4.74 Å². The minimum Gasteiger partial charge on any atom is -0.491 e. The molecule has 0 bridgehead atoms. The zero-order chi connectivity index (χ0) is 16.8. The smallest absolute Gasteiger partial charge is 0.319 e. The summed E-state index contributed by atoms with van der Waals surface area (Å²) in [6.07, 6.45) is 0. The van der Waals surface area contributed by atoms with Crippen LogP contribution in [0.1, 0.15) is 18.1 Å². The summed E-state index contributed by atoms with van der Waals surface area (Å²) >= 11 is 2.21. The van der Waals surface area contributed by atoms with Crippen molar-refractivity contribution in [2.75, 3.05) is 11.9 Å². The number of halogens is 1. The fourth-order valence-electron chi connectivity index (χ4n) is 2.23. The van der Waals surface area contributed by atoms with Crippen LogP contribution in [0.5, 0.6) is 5.75 Å². The van der Waals surface area contributed by atoms with E-state index in [0.29, 0.717) is 6.61 Å². The predicted molar refractivity (Wildman–Crippen MR) is 102 cm³/mol. The van der Waals surface area contributed by atoms with Gasteiger partial charge >= 0.3 is 6.03 Å². The standard InChI is InChI=1S/C18H21IN2O2/c1-12-6-4-7-13(2)17(12)23-11-14(3)20-18(22)21-16-9-5-8-15(19)10-16/h4-10,14H,11H2,1-3H3,(H2,20,21,22). The van der Waals surface area contributed by atoms with Crippen molar-refractivity contribution < 1.29 is 9.53 Å². The molecule has 1 atom stereocenters. The molecule has 0 aliphatic rings. The second kappa shape index (κ2) is 8.19. The van der Waals surface area contributed by atoms with Gasteiger partial charge in [-0.05, 0) is 72.7 Å². The van der Waals surface area contributed by atoms with Crippen LogP contribution >= 0.6 is 22.6 Å². The summed E-state index contributed by atoms with van der Waals surface area (Å²) < 4.78 is 6.93. The number of hydrogen-bond donors (Lipinski definition) is 2. The molecule has 5 heteroatoms. The van der Waals surface area contributed by atoms with Crippen molar-refractivity contribution in [1.29, 1.82) is 0 Å². The zero-order valence-corrected chi connectivity index (χ0v) is 15.7. The van der Waals surface area contributed by atoms with Gasteiger partial charge in [0.2, 0.25) is 0 Å². The monoisotopic (exact) mass is 424 g/mol.